The van der Waals surface area contributed by atoms with Gasteiger partial charge >= 0.3 is 0 Å². The maximum atomic E-state index is 6.45. The minimum absolute atomic E-state index is 0. The number of rotatable bonds is 70. The van der Waals surface area contributed by atoms with Crippen LogP contribution in [0.4, 0.5) is 0 Å². The molecule has 0 aromatic rings. The number of hydrogen-bond donors (Lipinski definition) is 0. The lowest BCUT2D eigenvalue weighted by Crippen LogP contribution is -3.00. The highest BCUT2D eigenvalue weighted by molar-refractivity contribution is 4.95. The van der Waals surface area contributed by atoms with E-state index in [2.05, 4.69) is 165 Å². The lowest BCUT2D eigenvalue weighted by Gasteiger charge is -2.24. The Hall–Kier alpha value is -1.95. The van der Waals surface area contributed by atoms with Crippen molar-refractivity contribution in [3.05, 3.63) is 97.2 Å². The Kier molecular flexibility index (Phi) is 83.3. The smallest absolute Gasteiger partial charge is 0.0802 e. The number of ether oxygens (including phenoxy) is 2. The fourth-order valence-electron chi connectivity index (χ4n) is 11.5. The van der Waals surface area contributed by atoms with Crippen LogP contribution in [0.2, 0.25) is 0 Å². The Bertz CT molecular complexity index is 1470. The molecule has 0 unspecified atom stereocenters. The topological polar surface area (TPSA) is 21.7 Å². The molecule has 90 heavy (non-hydrogen) atoms. The lowest BCUT2D eigenvalue weighted by molar-refractivity contribution is -0.870. The van der Waals surface area contributed by atoms with Crippen molar-refractivity contribution in [3.8, 4) is 0 Å². The third-order valence-electron chi connectivity index (χ3n) is 17.3. The van der Waals surface area contributed by atoms with Crippen LogP contribution in [0.15, 0.2) is 97.2 Å². The van der Waals surface area contributed by atoms with Gasteiger partial charge in [-0.1, -0.05) is 305 Å². The summed E-state index contributed by atoms with van der Waals surface area (Å²) in [4.78, 5) is 2.27. The van der Waals surface area contributed by atoms with Crippen molar-refractivity contribution in [2.75, 3.05) is 61.5 Å². The largest absolute Gasteiger partial charge is 1.00 e. The van der Waals surface area contributed by atoms with Crippen LogP contribution < -0.4 is 12.4 Å². The van der Waals surface area contributed by atoms with Crippen molar-refractivity contribution in [1.29, 1.82) is 0 Å². The molecule has 0 N–H and O–H groups in total. The molecule has 0 fully saturated rings. The van der Waals surface area contributed by atoms with Gasteiger partial charge in [-0.15, -0.1) is 0 Å². The zero-order valence-electron chi connectivity index (χ0n) is 62.5. The van der Waals surface area contributed by atoms with Crippen molar-refractivity contribution in [2.24, 2.45) is 0 Å². The molecule has 0 amide bonds. The van der Waals surface area contributed by atoms with Crippen LogP contribution in [0.1, 0.15) is 374 Å². The quantitative estimate of drug-likeness (QED) is 0.0344. The Morgan fingerprint density at radius 3 is 0.700 bits per heavy atom. The normalized spacial score (nSPS) is 12.6. The van der Waals surface area contributed by atoms with E-state index < -0.39 is 0 Å². The Labute approximate surface area is 573 Å². The molecular weight excluding hydrogens is 1120 g/mol. The van der Waals surface area contributed by atoms with E-state index in [0.29, 0.717) is 12.2 Å². The summed E-state index contributed by atoms with van der Waals surface area (Å²) >= 11 is 0. The van der Waals surface area contributed by atoms with Crippen molar-refractivity contribution >= 4 is 0 Å². The van der Waals surface area contributed by atoms with Gasteiger partial charge in [-0.25, -0.2) is 0 Å². The van der Waals surface area contributed by atoms with E-state index in [0.717, 1.165) is 56.3 Å². The molecule has 0 radical (unpaired) electrons. The average molecular weight is 1280 g/mol. The van der Waals surface area contributed by atoms with Gasteiger partial charge in [0.2, 0.25) is 0 Å². The summed E-state index contributed by atoms with van der Waals surface area (Å²) in [6.45, 7) is 13.3. The van der Waals surface area contributed by atoms with Crippen molar-refractivity contribution in [1.82, 2.24) is 4.90 Å². The molecule has 0 aromatic heterocycles. The molecule has 0 saturated heterocycles. The minimum atomic E-state index is 0. The zero-order chi connectivity index (χ0) is 65.0. The highest BCUT2D eigenvalue weighted by atomic mass is 35.5. The fourth-order valence-corrected chi connectivity index (χ4v) is 11.5. The van der Waals surface area contributed by atoms with E-state index >= 15 is 0 Å². The summed E-state index contributed by atoms with van der Waals surface area (Å²) in [5.41, 5.74) is 0. The number of allylic oxidation sites excluding steroid dienone is 16. The maximum Gasteiger partial charge on any atom is 0.0802 e. The van der Waals surface area contributed by atoms with Crippen LogP contribution in [-0.2, 0) is 9.47 Å². The van der Waals surface area contributed by atoms with Crippen LogP contribution in [0.3, 0.4) is 0 Å². The van der Waals surface area contributed by atoms with E-state index in [-0.39, 0.29) is 12.4 Å². The average Bonchev–Trinajstić information content (AvgIpc) is 3.59. The minimum Gasteiger partial charge on any atom is -1.00 e. The molecule has 0 aliphatic carbocycles. The highest BCUT2D eigenvalue weighted by Crippen LogP contribution is 2.20. The lowest BCUT2D eigenvalue weighted by atomic mass is 10.0. The van der Waals surface area contributed by atoms with Crippen molar-refractivity contribution in [2.45, 2.75) is 387 Å². The fraction of sp³-hybridized carbons (Fsp3) is 0.812. The molecule has 5 heteroatoms. The summed E-state index contributed by atoms with van der Waals surface area (Å²) in [5, 5.41) is 0. The molecular formula is C85H161ClN2O2. The number of halogens is 1. The van der Waals surface area contributed by atoms with Crippen molar-refractivity contribution < 1.29 is 26.4 Å². The third-order valence-corrected chi connectivity index (χ3v) is 17.3. The molecule has 0 aliphatic heterocycles. The SMILES string of the molecule is CCCCC/C=C\C/C=C\CCCCCCCCC(CCCCCCCC/C=C\C/C=C\CCCCC)OCCCN(C)C.CCCCC/C=C\C/C=C\CCCCCCCCC(CCCCCCCC/C=C\C/C=C\CCCCC)OCCC[N+](C)(C)C.[Cl-]. The van der Waals surface area contributed by atoms with Gasteiger partial charge in [-0.05, 0) is 181 Å². The molecule has 530 valence electrons. The molecule has 0 heterocycles. The summed E-state index contributed by atoms with van der Waals surface area (Å²) in [5.74, 6) is 0. The first-order valence-electron chi connectivity index (χ1n) is 39.6. The molecule has 0 spiro atoms. The van der Waals surface area contributed by atoms with Crippen LogP contribution in [0, 0.1) is 0 Å². The van der Waals surface area contributed by atoms with Crippen LogP contribution in [0.25, 0.3) is 0 Å². The Morgan fingerprint density at radius 1 is 0.267 bits per heavy atom. The number of unbranched alkanes of at least 4 members (excludes halogenated alkanes) is 36. The van der Waals surface area contributed by atoms with E-state index in [9.17, 15) is 0 Å². The zero-order valence-corrected chi connectivity index (χ0v) is 63.2. The second-order valence-electron chi connectivity index (χ2n) is 28.0. The molecule has 0 aliphatic rings. The van der Waals surface area contributed by atoms with Gasteiger partial charge in [0.1, 0.15) is 0 Å². The first-order valence-corrected chi connectivity index (χ1v) is 39.6. The van der Waals surface area contributed by atoms with Gasteiger partial charge in [0.05, 0.1) is 46.5 Å². The summed E-state index contributed by atoms with van der Waals surface area (Å²) in [6, 6.07) is 0. The van der Waals surface area contributed by atoms with Gasteiger partial charge in [0.15, 0.2) is 0 Å². The van der Waals surface area contributed by atoms with E-state index in [1.54, 1.807) is 0 Å². The van der Waals surface area contributed by atoms with Crippen LogP contribution in [0.5, 0.6) is 0 Å². The number of nitrogens with zero attached hydrogens (tertiary/aromatic N) is 2. The predicted molar refractivity (Wildman–Crippen MR) is 406 cm³/mol. The predicted octanol–water partition coefficient (Wildman–Crippen LogP) is 24.6. The van der Waals surface area contributed by atoms with Crippen LogP contribution in [-0.4, -0.2) is 83.1 Å². The van der Waals surface area contributed by atoms with Gasteiger partial charge in [-0.2, -0.15) is 0 Å². The number of hydrogen-bond acceptors (Lipinski definition) is 3. The van der Waals surface area contributed by atoms with E-state index in [4.69, 9.17) is 9.47 Å². The summed E-state index contributed by atoms with van der Waals surface area (Å²) in [6.07, 6.45) is 110. The maximum absolute atomic E-state index is 6.45. The third kappa shape index (κ3) is 86.0. The molecule has 0 rings (SSSR count). The summed E-state index contributed by atoms with van der Waals surface area (Å²) in [7, 11) is 11.2. The second-order valence-corrected chi connectivity index (χ2v) is 28.0. The highest BCUT2D eigenvalue weighted by Gasteiger charge is 2.12. The number of quaternary nitrogens is 1. The standard InChI is InChI=1S/C43H82NO.C42H79NO.ClH/c1-6-8-10-12-14-16-18-20-22-24-26-28-30-32-34-36-39-43(45-42-38-41-44(3,4)5)40-37-35-33-31-29-27-25-23-21-19-17-15-13-11-9-7-2;1-5-7-9-11-13-15-17-19-21-23-25-27-29-31-33-35-38-42(44-41-37-40-43(3)4)39-36-34-32-30-28-26-24-22-20-18-16-14-12-10-8-6-2;/h14-17,20-23,43H,6-13,18-19,24-42H2,1-5H3;13-16,19-22,42H,5-12,17-18,23-41H2,1-4H3;1H/q+1;;/p-1/b16-14-,17-15-,22-20-,23-21-;15-13-,16-14-,21-19-,22-20-;. The molecule has 0 aromatic carbocycles. The van der Waals surface area contributed by atoms with E-state index in [1.807, 2.05) is 0 Å². The van der Waals surface area contributed by atoms with E-state index in [1.165, 1.54) is 321 Å². The van der Waals surface area contributed by atoms with Crippen LogP contribution >= 0.6 is 0 Å². The molecule has 0 bridgehead atoms. The molecule has 0 saturated carbocycles. The first-order chi connectivity index (χ1) is 43.7. The summed E-state index contributed by atoms with van der Waals surface area (Å²) < 4.78 is 13.9. The monoisotopic (exact) mass is 1280 g/mol. The van der Waals surface area contributed by atoms with Gasteiger partial charge in [0, 0.05) is 13.0 Å². The second kappa shape index (κ2) is 81.3. The van der Waals surface area contributed by atoms with Crippen molar-refractivity contribution in [3.63, 3.8) is 0 Å². The van der Waals surface area contributed by atoms with Gasteiger partial charge < -0.3 is 31.3 Å². The Balaban J connectivity index is -0.00000166. The van der Waals surface area contributed by atoms with Gasteiger partial charge in [-0.3, -0.25) is 0 Å². The first kappa shape index (κ1) is 92.2. The van der Waals surface area contributed by atoms with Gasteiger partial charge in [0.25, 0.3) is 0 Å². The molecule has 4 nitrogen and oxygen atoms in total. The molecule has 0 atom stereocenters. The Morgan fingerprint density at radius 2 is 0.478 bits per heavy atom.